The van der Waals surface area contributed by atoms with Crippen LogP contribution < -0.4 is 4.90 Å². The summed E-state index contributed by atoms with van der Waals surface area (Å²) in [7, 11) is 1.98. The fourth-order valence-corrected chi connectivity index (χ4v) is 3.91. The van der Waals surface area contributed by atoms with Gasteiger partial charge in [-0.3, -0.25) is 9.58 Å². The first-order chi connectivity index (χ1) is 14.1. The van der Waals surface area contributed by atoms with E-state index in [0.717, 1.165) is 43.0 Å². The molecule has 0 radical (unpaired) electrons. The van der Waals surface area contributed by atoms with Crippen molar-refractivity contribution < 1.29 is 23.1 Å². The molecule has 0 saturated carbocycles. The van der Waals surface area contributed by atoms with Crippen LogP contribution in [0.4, 0.5) is 19.1 Å². The van der Waals surface area contributed by atoms with Crippen molar-refractivity contribution in [1.82, 2.24) is 24.6 Å². The molecule has 30 heavy (non-hydrogen) atoms. The van der Waals surface area contributed by atoms with Crippen LogP contribution in [0.5, 0.6) is 0 Å². The number of aromatic nitrogens is 4. The van der Waals surface area contributed by atoms with E-state index in [2.05, 4.69) is 31.1 Å². The summed E-state index contributed by atoms with van der Waals surface area (Å²) in [5, 5.41) is 11.4. The van der Waals surface area contributed by atoms with Gasteiger partial charge in [0.25, 0.3) is 0 Å². The fraction of sp³-hybridized carbons (Fsp3) is 0.579. The average molecular weight is 426 g/mol. The lowest BCUT2D eigenvalue weighted by Crippen LogP contribution is -2.39. The van der Waals surface area contributed by atoms with E-state index in [1.165, 1.54) is 25.1 Å². The number of hydrogen-bond donors (Lipinski definition) is 1. The summed E-state index contributed by atoms with van der Waals surface area (Å²) < 4.78 is 33.6. The lowest BCUT2D eigenvalue weighted by molar-refractivity contribution is -0.192. The maximum atomic E-state index is 10.6. The van der Waals surface area contributed by atoms with E-state index in [9.17, 15) is 13.2 Å². The van der Waals surface area contributed by atoms with Crippen molar-refractivity contribution in [2.75, 3.05) is 31.1 Å². The second kappa shape index (κ2) is 8.99. The van der Waals surface area contributed by atoms with Gasteiger partial charge >= 0.3 is 12.1 Å². The van der Waals surface area contributed by atoms with E-state index in [0.29, 0.717) is 0 Å². The number of piperidine rings is 1. The zero-order valence-corrected chi connectivity index (χ0v) is 16.9. The molecule has 164 valence electrons. The Morgan fingerprint density at radius 3 is 2.37 bits per heavy atom. The van der Waals surface area contributed by atoms with Crippen molar-refractivity contribution in [2.24, 2.45) is 18.9 Å². The number of fused-ring (bicyclic) bond motifs is 1. The predicted octanol–water partition coefficient (Wildman–Crippen LogP) is 2.11. The van der Waals surface area contributed by atoms with Gasteiger partial charge in [-0.05, 0) is 37.3 Å². The smallest absolute Gasteiger partial charge is 0.475 e. The summed E-state index contributed by atoms with van der Waals surface area (Å²) in [6.45, 7) is 7.58. The van der Waals surface area contributed by atoms with Crippen LogP contribution in [-0.4, -0.2) is 68.1 Å². The second-order valence-corrected chi connectivity index (χ2v) is 7.83. The highest BCUT2D eigenvalue weighted by Gasteiger charge is 2.38. The average Bonchev–Trinajstić information content (AvgIpc) is 3.27. The van der Waals surface area contributed by atoms with Crippen LogP contribution in [0.15, 0.2) is 24.8 Å². The first kappa shape index (κ1) is 22.0. The topological polar surface area (TPSA) is 87.4 Å². The molecule has 0 aromatic carbocycles. The Balaban J connectivity index is 0.000000318. The molecule has 2 atom stereocenters. The largest absolute Gasteiger partial charge is 0.490 e. The van der Waals surface area contributed by atoms with Crippen LogP contribution >= 0.6 is 0 Å². The van der Waals surface area contributed by atoms with Gasteiger partial charge in [-0.25, -0.2) is 14.8 Å². The SMILES string of the molecule is Cc1cnc(N2C[C@H]3CCN(Cc4cnn(C)c4)C[C@H]3C2)nc1.O=C(O)C(F)(F)F. The Kier molecular flexibility index (Phi) is 6.59. The van der Waals surface area contributed by atoms with Gasteiger partial charge in [-0.2, -0.15) is 18.3 Å². The van der Waals surface area contributed by atoms with Gasteiger partial charge in [-0.1, -0.05) is 0 Å². The standard InChI is InChI=1S/C17H24N6.C2HF3O2/c1-13-5-18-17(19-6-13)23-11-15-3-4-22(10-16(15)12-23)9-14-7-20-21(2)8-14;3-2(4,5)1(6)7/h5-8,15-16H,3-4,9-12H2,1-2H3;(H,6,7)/t15-,16+;/m1./s1. The molecule has 4 rings (SSSR count). The molecule has 11 heteroatoms. The highest BCUT2D eigenvalue weighted by molar-refractivity contribution is 5.73. The molecule has 2 aliphatic rings. The molecule has 0 amide bonds. The van der Waals surface area contributed by atoms with Gasteiger partial charge in [0.05, 0.1) is 6.20 Å². The van der Waals surface area contributed by atoms with Crippen molar-refractivity contribution in [3.05, 3.63) is 35.9 Å². The van der Waals surface area contributed by atoms with Gasteiger partial charge in [-0.15, -0.1) is 0 Å². The Morgan fingerprint density at radius 1 is 1.17 bits per heavy atom. The molecule has 2 aliphatic heterocycles. The second-order valence-electron chi connectivity index (χ2n) is 7.83. The molecule has 2 aromatic rings. The number of alkyl halides is 3. The number of nitrogens with zero attached hydrogens (tertiary/aromatic N) is 6. The van der Waals surface area contributed by atoms with Gasteiger partial charge in [0.2, 0.25) is 5.95 Å². The van der Waals surface area contributed by atoms with E-state index in [-0.39, 0.29) is 0 Å². The molecule has 0 spiro atoms. The Labute approximate surface area is 172 Å². The van der Waals surface area contributed by atoms with Crippen molar-refractivity contribution in [2.45, 2.75) is 26.1 Å². The number of hydrogen-bond acceptors (Lipinski definition) is 6. The quantitative estimate of drug-likeness (QED) is 0.804. The maximum absolute atomic E-state index is 10.6. The van der Waals surface area contributed by atoms with Crippen LogP contribution in [0, 0.1) is 18.8 Å². The number of aliphatic carboxylic acids is 1. The van der Waals surface area contributed by atoms with Crippen molar-refractivity contribution in [3.8, 4) is 0 Å². The number of halogens is 3. The zero-order chi connectivity index (χ0) is 21.9. The van der Waals surface area contributed by atoms with E-state index < -0.39 is 12.1 Å². The minimum atomic E-state index is -5.08. The summed E-state index contributed by atoms with van der Waals surface area (Å²) in [4.78, 5) is 22.8. The molecule has 1 N–H and O–H groups in total. The van der Waals surface area contributed by atoms with Crippen molar-refractivity contribution in [3.63, 3.8) is 0 Å². The third-order valence-corrected chi connectivity index (χ3v) is 5.34. The molecule has 0 bridgehead atoms. The third-order valence-electron chi connectivity index (χ3n) is 5.34. The lowest BCUT2D eigenvalue weighted by Gasteiger charge is -2.33. The first-order valence-electron chi connectivity index (χ1n) is 9.65. The zero-order valence-electron chi connectivity index (χ0n) is 16.9. The van der Waals surface area contributed by atoms with Crippen LogP contribution in [0.25, 0.3) is 0 Å². The van der Waals surface area contributed by atoms with E-state index in [1.807, 2.05) is 37.2 Å². The normalized spacial score (nSPS) is 21.7. The summed E-state index contributed by atoms with van der Waals surface area (Å²) in [5.41, 5.74) is 2.43. The minimum absolute atomic E-state index is 0.727. The molecule has 0 unspecified atom stereocenters. The number of aryl methyl sites for hydroxylation is 2. The highest BCUT2D eigenvalue weighted by atomic mass is 19.4. The maximum Gasteiger partial charge on any atom is 0.490 e. The number of carbonyl (C=O) groups is 1. The first-order valence-corrected chi connectivity index (χ1v) is 9.65. The van der Waals surface area contributed by atoms with Crippen LogP contribution in [-0.2, 0) is 18.4 Å². The fourth-order valence-electron chi connectivity index (χ4n) is 3.91. The highest BCUT2D eigenvalue weighted by Crippen LogP contribution is 2.33. The van der Waals surface area contributed by atoms with Gasteiger partial charge in [0.1, 0.15) is 0 Å². The van der Waals surface area contributed by atoms with Gasteiger partial charge in [0, 0.05) is 57.4 Å². The Hall–Kier alpha value is -2.69. The van der Waals surface area contributed by atoms with Gasteiger partial charge in [0.15, 0.2) is 0 Å². The summed E-state index contributed by atoms with van der Waals surface area (Å²) in [5.74, 6) is -0.355. The summed E-state index contributed by atoms with van der Waals surface area (Å²) >= 11 is 0. The Morgan fingerprint density at radius 2 is 1.80 bits per heavy atom. The molecular formula is C19H25F3N6O2. The minimum Gasteiger partial charge on any atom is -0.475 e. The van der Waals surface area contributed by atoms with E-state index in [4.69, 9.17) is 9.90 Å². The van der Waals surface area contributed by atoms with Crippen LogP contribution in [0.1, 0.15) is 17.5 Å². The predicted molar refractivity (Wildman–Crippen MR) is 103 cm³/mol. The molecule has 4 heterocycles. The molecule has 8 nitrogen and oxygen atoms in total. The number of likely N-dealkylation sites (tertiary alicyclic amines) is 1. The Bertz CT molecular complexity index is 855. The molecule has 2 fully saturated rings. The van der Waals surface area contributed by atoms with Crippen LogP contribution in [0.3, 0.4) is 0 Å². The molecule has 2 aromatic heterocycles. The lowest BCUT2D eigenvalue weighted by atomic mass is 9.88. The van der Waals surface area contributed by atoms with Crippen molar-refractivity contribution in [1.29, 1.82) is 0 Å². The van der Waals surface area contributed by atoms with Gasteiger partial charge < -0.3 is 10.0 Å². The third kappa shape index (κ3) is 5.68. The molecular weight excluding hydrogens is 401 g/mol. The summed E-state index contributed by atoms with van der Waals surface area (Å²) in [6, 6.07) is 0. The number of rotatable bonds is 3. The molecule has 0 aliphatic carbocycles. The number of carboxylic acids is 1. The number of carboxylic acid groups (broad SMARTS) is 1. The van der Waals surface area contributed by atoms with Crippen LogP contribution in [0.2, 0.25) is 0 Å². The van der Waals surface area contributed by atoms with E-state index in [1.54, 1.807) is 0 Å². The molecule has 2 saturated heterocycles. The van der Waals surface area contributed by atoms with Crippen molar-refractivity contribution >= 4 is 11.9 Å². The summed E-state index contributed by atoms with van der Waals surface area (Å²) in [6.07, 6.45) is 4.12. The van der Waals surface area contributed by atoms with E-state index >= 15 is 0 Å². The monoisotopic (exact) mass is 426 g/mol. The number of anilines is 1.